The molecule has 72 valence electrons. The summed E-state index contributed by atoms with van der Waals surface area (Å²) >= 11 is 1.64. The second kappa shape index (κ2) is 3.74. The average molecular weight is 198 g/mol. The summed E-state index contributed by atoms with van der Waals surface area (Å²) in [7, 11) is 0. The fourth-order valence-electron chi connectivity index (χ4n) is 1.56. The number of hydrogen-bond acceptors (Lipinski definition) is 4. The fourth-order valence-corrected chi connectivity index (χ4v) is 2.48. The average Bonchev–Trinajstić information content (AvgIpc) is 2.53. The van der Waals surface area contributed by atoms with Crippen LogP contribution < -0.4 is 5.73 Å². The van der Waals surface area contributed by atoms with Crippen LogP contribution in [0.4, 0.5) is 0 Å². The van der Waals surface area contributed by atoms with Gasteiger partial charge in [0.1, 0.15) is 11.1 Å². The normalized spacial score (nSPS) is 29.1. The molecular weight excluding hydrogens is 184 g/mol. The number of thiazole rings is 1. The summed E-state index contributed by atoms with van der Waals surface area (Å²) in [5.74, 6) is 0. The second-order valence-electron chi connectivity index (χ2n) is 3.42. The van der Waals surface area contributed by atoms with Crippen LogP contribution in [0.5, 0.6) is 0 Å². The molecule has 1 saturated heterocycles. The summed E-state index contributed by atoms with van der Waals surface area (Å²) in [5.41, 5.74) is 7.02. The van der Waals surface area contributed by atoms with E-state index in [0.29, 0.717) is 0 Å². The van der Waals surface area contributed by atoms with Crippen molar-refractivity contribution in [2.24, 2.45) is 5.73 Å². The molecule has 2 heterocycles. The Bertz CT molecular complexity index is 287. The van der Waals surface area contributed by atoms with E-state index in [1.165, 1.54) is 0 Å². The van der Waals surface area contributed by atoms with Crippen molar-refractivity contribution in [2.75, 3.05) is 6.61 Å². The maximum absolute atomic E-state index is 5.96. The largest absolute Gasteiger partial charge is 0.369 e. The van der Waals surface area contributed by atoms with Gasteiger partial charge in [-0.15, -0.1) is 11.3 Å². The zero-order chi connectivity index (χ0) is 9.26. The topological polar surface area (TPSA) is 48.1 Å². The van der Waals surface area contributed by atoms with Crippen LogP contribution in [0.1, 0.15) is 29.6 Å². The van der Waals surface area contributed by atoms with Crippen molar-refractivity contribution in [3.8, 4) is 0 Å². The van der Waals surface area contributed by atoms with Gasteiger partial charge in [0.25, 0.3) is 0 Å². The molecule has 0 aliphatic carbocycles. The molecule has 3 nitrogen and oxygen atoms in total. The van der Waals surface area contributed by atoms with Crippen LogP contribution in [0.25, 0.3) is 0 Å². The van der Waals surface area contributed by atoms with E-state index in [1.54, 1.807) is 11.3 Å². The van der Waals surface area contributed by atoms with Crippen LogP contribution in [0, 0.1) is 6.92 Å². The Kier molecular flexibility index (Phi) is 2.62. The van der Waals surface area contributed by atoms with Crippen molar-refractivity contribution in [1.29, 1.82) is 0 Å². The van der Waals surface area contributed by atoms with Gasteiger partial charge in [-0.2, -0.15) is 0 Å². The third kappa shape index (κ3) is 1.90. The van der Waals surface area contributed by atoms with Crippen molar-refractivity contribution in [3.63, 3.8) is 0 Å². The molecule has 2 unspecified atom stereocenters. The van der Waals surface area contributed by atoms with E-state index in [9.17, 15) is 0 Å². The van der Waals surface area contributed by atoms with Gasteiger partial charge in [-0.05, 0) is 19.8 Å². The Labute approximate surface area is 81.9 Å². The molecule has 1 aliphatic heterocycles. The van der Waals surface area contributed by atoms with Crippen molar-refractivity contribution >= 4 is 11.3 Å². The minimum absolute atomic E-state index is 0.0347. The van der Waals surface area contributed by atoms with E-state index < -0.39 is 0 Å². The van der Waals surface area contributed by atoms with E-state index in [0.717, 1.165) is 30.2 Å². The molecule has 0 aromatic carbocycles. The molecule has 0 amide bonds. The van der Waals surface area contributed by atoms with Gasteiger partial charge >= 0.3 is 0 Å². The summed E-state index contributed by atoms with van der Waals surface area (Å²) < 4.78 is 5.61. The van der Waals surface area contributed by atoms with Crippen LogP contribution in [-0.4, -0.2) is 17.6 Å². The fraction of sp³-hybridized carbons (Fsp3) is 0.667. The lowest BCUT2D eigenvalue weighted by molar-refractivity contribution is -0.0000229. The molecule has 0 bridgehead atoms. The number of hydrogen-bond donors (Lipinski definition) is 1. The third-order valence-corrected chi connectivity index (χ3v) is 3.27. The quantitative estimate of drug-likeness (QED) is 0.746. The summed E-state index contributed by atoms with van der Waals surface area (Å²) in [6.07, 6.45) is 2.15. The summed E-state index contributed by atoms with van der Waals surface area (Å²) in [6.45, 7) is 2.81. The number of nitrogens with two attached hydrogens (primary N) is 1. The molecule has 0 saturated carbocycles. The van der Waals surface area contributed by atoms with Crippen molar-refractivity contribution < 1.29 is 4.74 Å². The summed E-state index contributed by atoms with van der Waals surface area (Å²) in [6, 6.07) is 0.124. The van der Waals surface area contributed by atoms with Crippen LogP contribution in [-0.2, 0) is 4.74 Å². The van der Waals surface area contributed by atoms with Crippen molar-refractivity contribution in [2.45, 2.75) is 31.9 Å². The molecule has 2 atom stereocenters. The molecule has 0 radical (unpaired) electrons. The zero-order valence-corrected chi connectivity index (χ0v) is 8.51. The molecule has 1 fully saturated rings. The van der Waals surface area contributed by atoms with Gasteiger partial charge in [-0.25, -0.2) is 4.98 Å². The molecular formula is C9H14N2OS. The smallest absolute Gasteiger partial charge is 0.124 e. The third-order valence-electron chi connectivity index (χ3n) is 2.25. The van der Waals surface area contributed by atoms with Gasteiger partial charge in [-0.3, -0.25) is 0 Å². The number of aryl methyl sites for hydroxylation is 1. The first-order valence-electron chi connectivity index (χ1n) is 4.56. The predicted octanol–water partition coefficient (Wildman–Crippen LogP) is 1.63. The van der Waals surface area contributed by atoms with Crippen molar-refractivity contribution in [3.05, 3.63) is 16.1 Å². The standard InChI is InChI=1S/C9H14N2OS/c1-6-5-13-9(11-6)8-7(10)3-2-4-12-8/h5,7-8H,2-4,10H2,1H3. The number of rotatable bonds is 1. The zero-order valence-electron chi connectivity index (χ0n) is 7.69. The minimum Gasteiger partial charge on any atom is -0.369 e. The lowest BCUT2D eigenvalue weighted by Crippen LogP contribution is -2.34. The summed E-state index contributed by atoms with van der Waals surface area (Å²) in [5, 5.41) is 3.07. The SMILES string of the molecule is Cc1csc(C2OCCCC2N)n1. The van der Waals surface area contributed by atoms with Gasteiger partial charge in [0, 0.05) is 23.7 Å². The van der Waals surface area contributed by atoms with E-state index >= 15 is 0 Å². The van der Waals surface area contributed by atoms with E-state index in [2.05, 4.69) is 4.98 Å². The Morgan fingerprint density at radius 3 is 3.15 bits per heavy atom. The molecule has 0 spiro atoms. The van der Waals surface area contributed by atoms with Gasteiger partial charge in [0.15, 0.2) is 0 Å². The molecule has 1 aromatic heterocycles. The van der Waals surface area contributed by atoms with Gasteiger partial charge in [0.05, 0.1) is 0 Å². The first-order chi connectivity index (χ1) is 6.27. The van der Waals surface area contributed by atoms with E-state index in [4.69, 9.17) is 10.5 Å². The Morgan fingerprint density at radius 2 is 2.54 bits per heavy atom. The highest BCUT2D eigenvalue weighted by Crippen LogP contribution is 2.28. The van der Waals surface area contributed by atoms with Gasteiger partial charge < -0.3 is 10.5 Å². The number of ether oxygens (including phenoxy) is 1. The van der Waals surface area contributed by atoms with Gasteiger partial charge in [-0.1, -0.05) is 0 Å². The van der Waals surface area contributed by atoms with Gasteiger partial charge in [0.2, 0.25) is 0 Å². The molecule has 2 rings (SSSR count). The van der Waals surface area contributed by atoms with Crippen LogP contribution >= 0.6 is 11.3 Å². The highest BCUT2D eigenvalue weighted by atomic mass is 32.1. The predicted molar refractivity (Wildman–Crippen MR) is 52.8 cm³/mol. The highest BCUT2D eigenvalue weighted by Gasteiger charge is 2.26. The Morgan fingerprint density at radius 1 is 1.69 bits per heavy atom. The lowest BCUT2D eigenvalue weighted by atomic mass is 10.0. The highest BCUT2D eigenvalue weighted by molar-refractivity contribution is 7.09. The van der Waals surface area contributed by atoms with E-state index in [1.807, 2.05) is 12.3 Å². The molecule has 1 aromatic rings. The van der Waals surface area contributed by atoms with Crippen molar-refractivity contribution in [1.82, 2.24) is 4.98 Å². The number of aromatic nitrogens is 1. The monoisotopic (exact) mass is 198 g/mol. The number of nitrogens with zero attached hydrogens (tertiary/aromatic N) is 1. The molecule has 4 heteroatoms. The van der Waals surface area contributed by atoms with E-state index in [-0.39, 0.29) is 12.1 Å². The molecule has 2 N–H and O–H groups in total. The lowest BCUT2D eigenvalue weighted by Gasteiger charge is -2.27. The van der Waals surface area contributed by atoms with Crippen LogP contribution in [0.3, 0.4) is 0 Å². The maximum Gasteiger partial charge on any atom is 0.124 e. The minimum atomic E-state index is 0.0347. The first kappa shape index (κ1) is 9.12. The second-order valence-corrected chi connectivity index (χ2v) is 4.31. The van der Waals surface area contributed by atoms with Crippen LogP contribution in [0.2, 0.25) is 0 Å². The Balaban J connectivity index is 2.14. The maximum atomic E-state index is 5.96. The first-order valence-corrected chi connectivity index (χ1v) is 5.44. The Hall–Kier alpha value is -0.450. The molecule has 13 heavy (non-hydrogen) atoms. The molecule has 1 aliphatic rings. The van der Waals surface area contributed by atoms with Crippen LogP contribution in [0.15, 0.2) is 5.38 Å². The summed E-state index contributed by atoms with van der Waals surface area (Å²) in [4.78, 5) is 4.40.